The first-order chi connectivity index (χ1) is 12.4. The number of ether oxygens (including phenoxy) is 1. The van der Waals surface area contributed by atoms with Gasteiger partial charge in [0, 0.05) is 17.3 Å². The number of aromatic nitrogens is 3. The lowest BCUT2D eigenvalue weighted by Gasteiger charge is -2.14. The van der Waals surface area contributed by atoms with E-state index in [4.69, 9.17) is 27.9 Å². The fraction of sp³-hybridized carbons (Fsp3) is 0.235. The molecule has 2 heterocycles. The fourth-order valence-corrected chi connectivity index (χ4v) is 3.41. The number of amides is 1. The van der Waals surface area contributed by atoms with Crippen molar-refractivity contribution in [3.63, 3.8) is 0 Å². The molecule has 0 bridgehead atoms. The first kappa shape index (κ1) is 18.8. The number of methoxy groups -OCH3 is 1. The van der Waals surface area contributed by atoms with Crippen molar-refractivity contribution in [1.82, 2.24) is 15.0 Å². The van der Waals surface area contributed by atoms with Crippen molar-refractivity contribution in [1.29, 1.82) is 0 Å². The number of fused-ring (bicyclic) bond motifs is 1. The van der Waals surface area contributed by atoms with E-state index in [1.165, 1.54) is 25.1 Å². The SMILES string of the molecule is COc1cc(Cl)c(C)cc1NC(=O)[C@@H](C)Sc1nc2ncc(Cl)cc2[nH]1. The summed E-state index contributed by atoms with van der Waals surface area (Å²) in [6.45, 7) is 3.66. The molecule has 0 aliphatic heterocycles. The van der Waals surface area contributed by atoms with Gasteiger partial charge in [-0.3, -0.25) is 4.79 Å². The second-order valence-electron chi connectivity index (χ2n) is 5.62. The van der Waals surface area contributed by atoms with E-state index in [1.54, 1.807) is 25.1 Å². The number of hydrogen-bond donors (Lipinski definition) is 2. The van der Waals surface area contributed by atoms with Crippen molar-refractivity contribution in [2.24, 2.45) is 0 Å². The predicted molar refractivity (Wildman–Crippen MR) is 106 cm³/mol. The van der Waals surface area contributed by atoms with Gasteiger partial charge in [0.25, 0.3) is 0 Å². The highest BCUT2D eigenvalue weighted by molar-refractivity contribution is 8.00. The second-order valence-corrected chi connectivity index (χ2v) is 7.79. The normalized spacial score (nSPS) is 12.2. The summed E-state index contributed by atoms with van der Waals surface area (Å²) in [5.41, 5.74) is 2.70. The van der Waals surface area contributed by atoms with Gasteiger partial charge in [-0.05, 0) is 31.5 Å². The van der Waals surface area contributed by atoms with Crippen molar-refractivity contribution in [3.05, 3.63) is 40.0 Å². The van der Waals surface area contributed by atoms with E-state index < -0.39 is 5.25 Å². The highest BCUT2D eigenvalue weighted by Crippen LogP contribution is 2.32. The Morgan fingerprint density at radius 1 is 1.35 bits per heavy atom. The zero-order valence-electron chi connectivity index (χ0n) is 14.3. The number of nitrogens with one attached hydrogen (secondary N) is 2. The molecular formula is C17H16Cl2N4O2S. The van der Waals surface area contributed by atoms with Gasteiger partial charge in [-0.25, -0.2) is 9.97 Å². The molecular weight excluding hydrogens is 395 g/mol. The number of pyridine rings is 1. The Kier molecular flexibility index (Phi) is 5.60. The topological polar surface area (TPSA) is 79.9 Å². The highest BCUT2D eigenvalue weighted by atomic mass is 35.5. The van der Waals surface area contributed by atoms with Crippen LogP contribution < -0.4 is 10.1 Å². The van der Waals surface area contributed by atoms with E-state index in [0.717, 1.165) is 11.1 Å². The predicted octanol–water partition coefficient (Wildman–Crippen LogP) is 4.70. The molecule has 6 nitrogen and oxygen atoms in total. The zero-order valence-corrected chi connectivity index (χ0v) is 16.6. The van der Waals surface area contributed by atoms with Gasteiger partial charge in [0.1, 0.15) is 5.75 Å². The summed E-state index contributed by atoms with van der Waals surface area (Å²) >= 11 is 13.3. The number of anilines is 1. The van der Waals surface area contributed by atoms with Gasteiger partial charge >= 0.3 is 0 Å². The van der Waals surface area contributed by atoms with Crippen LogP contribution in [0, 0.1) is 6.92 Å². The molecule has 136 valence electrons. The van der Waals surface area contributed by atoms with Crippen LogP contribution in [0.3, 0.4) is 0 Å². The molecule has 26 heavy (non-hydrogen) atoms. The number of benzene rings is 1. The summed E-state index contributed by atoms with van der Waals surface area (Å²) in [5, 5.41) is 4.17. The van der Waals surface area contributed by atoms with Crippen LogP contribution in [0.5, 0.6) is 5.75 Å². The second kappa shape index (κ2) is 7.73. The number of H-pyrrole nitrogens is 1. The summed E-state index contributed by atoms with van der Waals surface area (Å²) in [4.78, 5) is 24.2. The molecule has 0 unspecified atom stereocenters. The van der Waals surface area contributed by atoms with Crippen molar-refractivity contribution >= 4 is 57.7 Å². The molecule has 0 aliphatic rings. The van der Waals surface area contributed by atoms with Gasteiger partial charge in [-0.15, -0.1) is 0 Å². The fourth-order valence-electron chi connectivity index (χ4n) is 2.29. The molecule has 0 saturated heterocycles. The van der Waals surface area contributed by atoms with Crippen LogP contribution in [0.25, 0.3) is 11.2 Å². The third-order valence-corrected chi connectivity index (χ3v) is 5.28. The maximum Gasteiger partial charge on any atom is 0.237 e. The monoisotopic (exact) mass is 410 g/mol. The van der Waals surface area contributed by atoms with Crippen LogP contribution in [0.2, 0.25) is 10.0 Å². The Labute approximate surface area is 164 Å². The number of nitrogens with zero attached hydrogens (tertiary/aromatic N) is 2. The molecule has 0 spiro atoms. The number of carbonyl (C=O) groups is 1. The average Bonchev–Trinajstić information content (AvgIpc) is 2.99. The molecule has 0 aliphatic carbocycles. The first-order valence-corrected chi connectivity index (χ1v) is 9.34. The number of rotatable bonds is 5. The molecule has 2 N–H and O–H groups in total. The van der Waals surface area contributed by atoms with E-state index in [2.05, 4.69) is 20.3 Å². The highest BCUT2D eigenvalue weighted by Gasteiger charge is 2.19. The van der Waals surface area contributed by atoms with Crippen molar-refractivity contribution in [2.45, 2.75) is 24.3 Å². The summed E-state index contributed by atoms with van der Waals surface area (Å²) in [7, 11) is 1.53. The van der Waals surface area contributed by atoms with Crippen LogP contribution >= 0.6 is 35.0 Å². The van der Waals surface area contributed by atoms with E-state index in [0.29, 0.717) is 32.3 Å². The third kappa shape index (κ3) is 4.06. The van der Waals surface area contributed by atoms with Crippen LogP contribution in [-0.4, -0.2) is 33.2 Å². The summed E-state index contributed by atoms with van der Waals surface area (Å²) in [5.74, 6) is 0.329. The lowest BCUT2D eigenvalue weighted by atomic mass is 10.2. The maximum absolute atomic E-state index is 12.6. The summed E-state index contributed by atoms with van der Waals surface area (Å²) in [6.07, 6.45) is 1.53. The first-order valence-electron chi connectivity index (χ1n) is 7.70. The van der Waals surface area contributed by atoms with Gasteiger partial charge in [0.15, 0.2) is 10.8 Å². The van der Waals surface area contributed by atoms with E-state index in [9.17, 15) is 4.79 Å². The lowest BCUT2D eigenvalue weighted by Crippen LogP contribution is -2.23. The Bertz CT molecular complexity index is 977. The van der Waals surface area contributed by atoms with Crippen molar-refractivity contribution in [3.8, 4) is 5.75 Å². The van der Waals surface area contributed by atoms with Crippen molar-refractivity contribution in [2.75, 3.05) is 12.4 Å². The molecule has 2 aromatic heterocycles. The van der Waals surface area contributed by atoms with E-state index >= 15 is 0 Å². The number of carbonyl (C=O) groups excluding carboxylic acids is 1. The maximum atomic E-state index is 12.6. The molecule has 9 heteroatoms. The molecule has 1 atom stereocenters. The van der Waals surface area contributed by atoms with Crippen molar-refractivity contribution < 1.29 is 9.53 Å². The summed E-state index contributed by atoms with van der Waals surface area (Å²) < 4.78 is 5.29. The van der Waals surface area contributed by atoms with Crippen LogP contribution in [-0.2, 0) is 4.79 Å². The number of halogens is 2. The smallest absolute Gasteiger partial charge is 0.237 e. The van der Waals surface area contributed by atoms with Crippen LogP contribution in [0.15, 0.2) is 29.6 Å². The lowest BCUT2D eigenvalue weighted by molar-refractivity contribution is -0.115. The van der Waals surface area contributed by atoms with Gasteiger partial charge < -0.3 is 15.0 Å². The largest absolute Gasteiger partial charge is 0.495 e. The van der Waals surface area contributed by atoms with Gasteiger partial charge in [-0.1, -0.05) is 35.0 Å². The van der Waals surface area contributed by atoms with Crippen LogP contribution in [0.1, 0.15) is 12.5 Å². The Hall–Kier alpha value is -1.96. The molecule has 3 aromatic rings. The molecule has 0 fully saturated rings. The minimum Gasteiger partial charge on any atom is -0.495 e. The third-order valence-electron chi connectivity index (χ3n) is 3.68. The molecule has 3 rings (SSSR count). The van der Waals surface area contributed by atoms with Gasteiger partial charge in [-0.2, -0.15) is 0 Å². The Balaban J connectivity index is 1.74. The molecule has 1 amide bonds. The number of imidazole rings is 1. The molecule has 1 aromatic carbocycles. The average molecular weight is 411 g/mol. The Morgan fingerprint density at radius 2 is 2.12 bits per heavy atom. The summed E-state index contributed by atoms with van der Waals surface area (Å²) in [6, 6.07) is 5.20. The zero-order chi connectivity index (χ0) is 18.8. The molecule has 0 saturated carbocycles. The van der Waals surface area contributed by atoms with E-state index in [1.807, 2.05) is 6.92 Å². The molecule has 0 radical (unpaired) electrons. The van der Waals surface area contributed by atoms with Gasteiger partial charge in [0.05, 0.1) is 28.6 Å². The number of thioether (sulfide) groups is 1. The van der Waals surface area contributed by atoms with Gasteiger partial charge in [0.2, 0.25) is 5.91 Å². The number of aromatic amines is 1. The number of hydrogen-bond acceptors (Lipinski definition) is 5. The van der Waals surface area contributed by atoms with Crippen LogP contribution in [0.4, 0.5) is 5.69 Å². The quantitative estimate of drug-likeness (QED) is 0.595. The standard InChI is InChI=1S/C17H16Cl2N4O2S/c1-8-4-12(14(25-3)6-11(8)19)21-16(24)9(2)26-17-22-13-5-10(18)7-20-15(13)23-17/h4-7,9H,1-3H3,(H,21,24)(H,20,22,23)/t9-/m1/s1. The number of aryl methyl sites for hydroxylation is 1. The van der Waals surface area contributed by atoms with E-state index in [-0.39, 0.29) is 5.91 Å². The Morgan fingerprint density at radius 3 is 2.85 bits per heavy atom. The minimum absolute atomic E-state index is 0.179. The minimum atomic E-state index is -0.397.